The molecule has 82 valence electrons. The second-order valence-corrected chi connectivity index (χ2v) is 5.01. The summed E-state index contributed by atoms with van der Waals surface area (Å²) in [6, 6.07) is 1.78. The summed E-state index contributed by atoms with van der Waals surface area (Å²) in [5, 5.41) is 1.97. The minimum atomic E-state index is 0.632. The van der Waals surface area contributed by atoms with Crippen molar-refractivity contribution in [3.8, 4) is 0 Å². The van der Waals surface area contributed by atoms with Gasteiger partial charge in [0.2, 0.25) is 0 Å². The van der Waals surface area contributed by atoms with Crippen LogP contribution in [0, 0.1) is 6.92 Å². The average molecular weight is 265 g/mol. The van der Waals surface area contributed by atoms with Gasteiger partial charge in [0.15, 0.2) is 0 Å². The van der Waals surface area contributed by atoms with Gasteiger partial charge in [0.25, 0.3) is 0 Å². The van der Waals surface area contributed by atoms with Crippen LogP contribution < -0.4 is 4.90 Å². The van der Waals surface area contributed by atoms with Crippen LogP contribution in [0.5, 0.6) is 0 Å². The van der Waals surface area contributed by atoms with E-state index in [1.54, 1.807) is 6.07 Å². The maximum Gasteiger partial charge on any atom is 0.0748 e. The molecule has 1 saturated heterocycles. The Hall–Kier alpha value is -0.110. The summed E-state index contributed by atoms with van der Waals surface area (Å²) in [5.74, 6) is 0. The van der Waals surface area contributed by atoms with Gasteiger partial charge in [-0.2, -0.15) is 0 Å². The summed E-state index contributed by atoms with van der Waals surface area (Å²) in [4.78, 5) is 2.23. The molecular weight excluding hydrogens is 252 g/mol. The Morgan fingerprint density at radius 2 is 1.67 bits per heavy atom. The van der Waals surface area contributed by atoms with Crippen LogP contribution in [0.15, 0.2) is 6.07 Å². The highest BCUT2D eigenvalue weighted by Gasteiger charge is 2.20. The number of anilines is 1. The van der Waals surface area contributed by atoms with E-state index in [1.807, 2.05) is 6.92 Å². The van der Waals surface area contributed by atoms with E-state index < -0.39 is 0 Å². The normalized spacial score (nSPS) is 16.1. The zero-order valence-electron chi connectivity index (χ0n) is 8.49. The largest absolute Gasteiger partial charge is 0.369 e. The first-order chi connectivity index (χ1) is 7.11. The summed E-state index contributed by atoms with van der Waals surface area (Å²) in [6.07, 6.45) is 2.41. The van der Waals surface area contributed by atoms with Gasteiger partial charge in [0.1, 0.15) is 0 Å². The lowest BCUT2D eigenvalue weighted by Crippen LogP contribution is -2.18. The van der Waals surface area contributed by atoms with Crippen LogP contribution in [0.25, 0.3) is 0 Å². The average Bonchev–Trinajstić information content (AvgIpc) is 2.68. The van der Waals surface area contributed by atoms with Crippen LogP contribution in [-0.2, 0) is 0 Å². The third-order valence-electron chi connectivity index (χ3n) is 2.80. The Kier molecular flexibility index (Phi) is 3.34. The molecule has 0 amide bonds. The molecule has 0 spiro atoms. The monoisotopic (exact) mass is 263 g/mol. The minimum absolute atomic E-state index is 0.632. The number of rotatable bonds is 1. The third kappa shape index (κ3) is 2.06. The minimum Gasteiger partial charge on any atom is -0.369 e. The van der Waals surface area contributed by atoms with Gasteiger partial charge in [-0.05, 0) is 31.4 Å². The van der Waals surface area contributed by atoms with Gasteiger partial charge < -0.3 is 4.90 Å². The van der Waals surface area contributed by atoms with Gasteiger partial charge in [0.05, 0.1) is 15.7 Å². The first-order valence-corrected chi connectivity index (χ1v) is 6.13. The van der Waals surface area contributed by atoms with Gasteiger partial charge in [-0.3, -0.25) is 0 Å². The topological polar surface area (TPSA) is 3.24 Å². The van der Waals surface area contributed by atoms with Crippen LogP contribution in [0.3, 0.4) is 0 Å². The van der Waals surface area contributed by atoms with Crippen molar-refractivity contribution >= 4 is 40.5 Å². The predicted octanol–water partition coefficient (Wildman–Crippen LogP) is 4.56. The van der Waals surface area contributed by atoms with Crippen molar-refractivity contribution in [2.24, 2.45) is 0 Å². The number of nitrogens with zero attached hydrogens (tertiary/aromatic N) is 1. The number of halogens is 3. The van der Waals surface area contributed by atoms with E-state index in [0.717, 1.165) is 24.3 Å². The van der Waals surface area contributed by atoms with Crippen LogP contribution in [0.2, 0.25) is 15.1 Å². The summed E-state index contributed by atoms with van der Waals surface area (Å²) in [5.41, 5.74) is 1.85. The molecule has 1 aliphatic heterocycles. The molecule has 0 unspecified atom stereocenters. The smallest absolute Gasteiger partial charge is 0.0748 e. The van der Waals surface area contributed by atoms with E-state index in [9.17, 15) is 0 Å². The Bertz CT molecular complexity index is 384. The summed E-state index contributed by atoms with van der Waals surface area (Å²) < 4.78 is 0. The molecule has 0 aromatic heterocycles. The highest BCUT2D eigenvalue weighted by atomic mass is 35.5. The van der Waals surface area contributed by atoms with E-state index in [1.165, 1.54) is 12.8 Å². The number of benzene rings is 1. The molecule has 1 aliphatic rings. The Balaban J connectivity index is 2.50. The molecule has 0 saturated carbocycles. The second-order valence-electron chi connectivity index (χ2n) is 3.82. The lowest BCUT2D eigenvalue weighted by atomic mass is 10.2. The molecule has 1 heterocycles. The van der Waals surface area contributed by atoms with Crippen molar-refractivity contribution in [1.29, 1.82) is 0 Å². The van der Waals surface area contributed by atoms with E-state index in [4.69, 9.17) is 34.8 Å². The molecular formula is C11H12Cl3N. The summed E-state index contributed by atoms with van der Waals surface area (Å²) in [6.45, 7) is 3.97. The zero-order chi connectivity index (χ0) is 11.0. The van der Waals surface area contributed by atoms with E-state index in [0.29, 0.717) is 15.1 Å². The Labute approximate surface area is 105 Å². The molecule has 1 fully saturated rings. The molecule has 2 rings (SSSR count). The molecule has 0 atom stereocenters. The van der Waals surface area contributed by atoms with Crippen molar-refractivity contribution in [3.63, 3.8) is 0 Å². The van der Waals surface area contributed by atoms with Crippen LogP contribution in [0.1, 0.15) is 18.4 Å². The molecule has 15 heavy (non-hydrogen) atoms. The fourth-order valence-corrected chi connectivity index (χ4v) is 2.91. The Morgan fingerprint density at radius 3 is 2.27 bits per heavy atom. The molecule has 0 aliphatic carbocycles. The highest BCUT2D eigenvalue weighted by molar-refractivity contribution is 6.42. The van der Waals surface area contributed by atoms with Crippen LogP contribution in [0.4, 0.5) is 5.69 Å². The summed E-state index contributed by atoms with van der Waals surface area (Å²) in [7, 11) is 0. The van der Waals surface area contributed by atoms with Crippen molar-refractivity contribution in [2.75, 3.05) is 18.0 Å². The first-order valence-electron chi connectivity index (χ1n) is 5.00. The lowest BCUT2D eigenvalue weighted by Gasteiger charge is -2.22. The van der Waals surface area contributed by atoms with E-state index in [2.05, 4.69) is 4.90 Å². The van der Waals surface area contributed by atoms with Crippen LogP contribution in [-0.4, -0.2) is 13.1 Å². The highest BCUT2D eigenvalue weighted by Crippen LogP contribution is 2.40. The van der Waals surface area contributed by atoms with Crippen LogP contribution >= 0.6 is 34.8 Å². The number of hydrogen-bond donors (Lipinski definition) is 0. The van der Waals surface area contributed by atoms with Crippen molar-refractivity contribution in [3.05, 3.63) is 26.7 Å². The van der Waals surface area contributed by atoms with Gasteiger partial charge in [-0.1, -0.05) is 34.8 Å². The lowest BCUT2D eigenvalue weighted by molar-refractivity contribution is 0.949. The van der Waals surface area contributed by atoms with Crippen molar-refractivity contribution in [1.82, 2.24) is 0 Å². The van der Waals surface area contributed by atoms with Crippen molar-refractivity contribution in [2.45, 2.75) is 19.8 Å². The second kappa shape index (κ2) is 4.40. The molecule has 0 N–H and O–H groups in total. The maximum absolute atomic E-state index is 6.27. The standard InChI is InChI=1S/C11H12Cl3N/c1-7-8(12)6-9(13)11(10(7)14)15-4-2-3-5-15/h6H,2-5H2,1H3. The molecule has 4 heteroatoms. The molecule has 0 radical (unpaired) electrons. The first kappa shape index (κ1) is 11.4. The van der Waals surface area contributed by atoms with E-state index in [-0.39, 0.29) is 0 Å². The van der Waals surface area contributed by atoms with Gasteiger partial charge >= 0.3 is 0 Å². The quantitative estimate of drug-likeness (QED) is 0.719. The number of hydrogen-bond acceptors (Lipinski definition) is 1. The zero-order valence-corrected chi connectivity index (χ0v) is 10.8. The fraction of sp³-hybridized carbons (Fsp3) is 0.455. The summed E-state index contributed by atoms with van der Waals surface area (Å²) >= 11 is 18.5. The van der Waals surface area contributed by atoms with Gasteiger partial charge in [-0.25, -0.2) is 0 Å². The van der Waals surface area contributed by atoms with Crippen molar-refractivity contribution < 1.29 is 0 Å². The Morgan fingerprint density at radius 1 is 1.07 bits per heavy atom. The maximum atomic E-state index is 6.27. The van der Waals surface area contributed by atoms with E-state index >= 15 is 0 Å². The SMILES string of the molecule is Cc1c(Cl)cc(Cl)c(N2CCCC2)c1Cl. The van der Waals surface area contributed by atoms with Gasteiger partial charge in [0, 0.05) is 18.1 Å². The molecule has 0 bridgehead atoms. The molecule has 1 aromatic carbocycles. The molecule has 1 nitrogen and oxygen atoms in total. The molecule has 1 aromatic rings. The van der Waals surface area contributed by atoms with Gasteiger partial charge in [-0.15, -0.1) is 0 Å². The predicted molar refractivity (Wildman–Crippen MR) is 67.7 cm³/mol. The fourth-order valence-electron chi connectivity index (χ4n) is 1.91. The third-order valence-corrected chi connectivity index (χ3v) is 3.94.